The SMILES string of the molecule is CCC/C=C\CCCCCCCC(=O)OCC(COC(=O)CCCCCCCCCCCCCCCCCCCCCCCCC)OC(=O)CCCCCCCCCCCCCCCCCCCC. The minimum atomic E-state index is -0.768. The van der Waals surface area contributed by atoms with Gasteiger partial charge in [0, 0.05) is 19.3 Å². The van der Waals surface area contributed by atoms with E-state index in [0.717, 1.165) is 70.6 Å². The average molecular weight is 974 g/mol. The second kappa shape index (κ2) is 58.7. The maximum absolute atomic E-state index is 12.9. The molecule has 6 heteroatoms. The maximum Gasteiger partial charge on any atom is 0.306 e. The van der Waals surface area contributed by atoms with Gasteiger partial charge in [-0.05, 0) is 38.5 Å². The number of carbonyl (C=O) groups is 3. The van der Waals surface area contributed by atoms with Crippen LogP contribution in [0.2, 0.25) is 0 Å². The molecule has 0 heterocycles. The number of carbonyl (C=O) groups excluding carboxylic acids is 3. The van der Waals surface area contributed by atoms with Gasteiger partial charge in [-0.15, -0.1) is 0 Å². The first kappa shape index (κ1) is 67.1. The third-order valence-corrected chi connectivity index (χ3v) is 14.3. The highest BCUT2D eigenvalue weighted by atomic mass is 16.6. The summed E-state index contributed by atoms with van der Waals surface area (Å²) in [4.78, 5) is 38.1. The number of allylic oxidation sites excluding steroid dienone is 2. The van der Waals surface area contributed by atoms with E-state index in [9.17, 15) is 14.4 Å². The Labute approximate surface area is 431 Å². The molecule has 1 unspecified atom stereocenters. The molecule has 0 aliphatic carbocycles. The Bertz CT molecular complexity index is 1070. The Kier molecular flexibility index (Phi) is 57.1. The van der Waals surface area contributed by atoms with Crippen LogP contribution >= 0.6 is 0 Å². The predicted molar refractivity (Wildman–Crippen MR) is 298 cm³/mol. The van der Waals surface area contributed by atoms with Crippen molar-refractivity contribution in [3.05, 3.63) is 12.2 Å². The van der Waals surface area contributed by atoms with Crippen LogP contribution in [0.15, 0.2) is 12.2 Å². The number of ether oxygens (including phenoxy) is 3. The molecule has 0 rings (SSSR count). The summed E-state index contributed by atoms with van der Waals surface area (Å²) in [5.74, 6) is -0.850. The highest BCUT2D eigenvalue weighted by Gasteiger charge is 2.19. The van der Waals surface area contributed by atoms with Gasteiger partial charge in [0.05, 0.1) is 0 Å². The van der Waals surface area contributed by atoms with Gasteiger partial charge in [-0.3, -0.25) is 14.4 Å². The second-order valence-electron chi connectivity index (χ2n) is 21.3. The van der Waals surface area contributed by atoms with Gasteiger partial charge in [0.1, 0.15) is 13.2 Å². The van der Waals surface area contributed by atoms with Crippen LogP contribution in [0.25, 0.3) is 0 Å². The molecule has 0 radical (unpaired) electrons. The van der Waals surface area contributed by atoms with Gasteiger partial charge in [-0.1, -0.05) is 309 Å². The van der Waals surface area contributed by atoms with E-state index in [0.29, 0.717) is 19.3 Å². The van der Waals surface area contributed by atoms with E-state index in [2.05, 4.69) is 32.9 Å². The highest BCUT2D eigenvalue weighted by Crippen LogP contribution is 2.18. The van der Waals surface area contributed by atoms with Crippen LogP contribution in [0.5, 0.6) is 0 Å². The quantitative estimate of drug-likeness (QED) is 0.0261. The van der Waals surface area contributed by atoms with Crippen molar-refractivity contribution in [2.45, 2.75) is 361 Å². The van der Waals surface area contributed by atoms with Gasteiger partial charge >= 0.3 is 17.9 Å². The third kappa shape index (κ3) is 56.9. The van der Waals surface area contributed by atoms with E-state index >= 15 is 0 Å². The van der Waals surface area contributed by atoms with Crippen molar-refractivity contribution in [2.24, 2.45) is 0 Å². The molecular formula is C63H120O6. The molecule has 0 amide bonds. The molecule has 0 bridgehead atoms. The van der Waals surface area contributed by atoms with Crippen LogP contribution < -0.4 is 0 Å². The van der Waals surface area contributed by atoms with Crippen molar-refractivity contribution < 1.29 is 28.6 Å². The standard InChI is InChI=1S/C63H120O6/c1-4-7-10-13-16-19-22-24-26-28-30-31-32-33-34-36-37-39-41-44-47-50-53-56-62(65)68-59-60(58-67-61(64)55-52-49-46-43-21-18-15-12-9-6-3)69-63(66)57-54-51-48-45-42-40-38-35-29-27-25-23-20-17-14-11-8-5-2/h12,15,60H,4-11,13-14,16-59H2,1-3H3/b15-12-. The Morgan fingerprint density at radius 1 is 0.275 bits per heavy atom. The molecule has 408 valence electrons. The first-order valence-corrected chi connectivity index (χ1v) is 31.2. The number of rotatable bonds is 58. The highest BCUT2D eigenvalue weighted by molar-refractivity contribution is 5.71. The minimum absolute atomic E-state index is 0.0664. The predicted octanol–water partition coefficient (Wildman–Crippen LogP) is 20.9. The summed E-state index contributed by atoms with van der Waals surface area (Å²) in [5.41, 5.74) is 0. The number of esters is 3. The van der Waals surface area contributed by atoms with Crippen LogP contribution in [0.4, 0.5) is 0 Å². The minimum Gasteiger partial charge on any atom is -0.462 e. The zero-order chi connectivity index (χ0) is 50.0. The number of hydrogen-bond acceptors (Lipinski definition) is 6. The zero-order valence-corrected chi connectivity index (χ0v) is 46.9. The molecule has 0 aromatic carbocycles. The van der Waals surface area contributed by atoms with E-state index in [-0.39, 0.29) is 31.1 Å². The van der Waals surface area contributed by atoms with E-state index in [4.69, 9.17) is 14.2 Å². The lowest BCUT2D eigenvalue weighted by Gasteiger charge is -2.18. The van der Waals surface area contributed by atoms with E-state index in [1.807, 2.05) is 0 Å². The summed E-state index contributed by atoms with van der Waals surface area (Å²) in [7, 11) is 0. The molecule has 0 N–H and O–H groups in total. The van der Waals surface area contributed by atoms with Crippen LogP contribution in [0.3, 0.4) is 0 Å². The zero-order valence-electron chi connectivity index (χ0n) is 46.9. The maximum atomic E-state index is 12.9. The molecular weight excluding hydrogens is 853 g/mol. The summed E-state index contributed by atoms with van der Waals surface area (Å²) in [6.45, 7) is 6.64. The molecule has 0 saturated heterocycles. The molecule has 0 aromatic heterocycles. The molecule has 6 nitrogen and oxygen atoms in total. The first-order chi connectivity index (χ1) is 34.0. The summed E-state index contributed by atoms with van der Waals surface area (Å²) in [6.07, 6.45) is 68.0. The van der Waals surface area contributed by atoms with Crippen molar-refractivity contribution >= 4 is 17.9 Å². The first-order valence-electron chi connectivity index (χ1n) is 31.2. The largest absolute Gasteiger partial charge is 0.462 e. The van der Waals surface area contributed by atoms with Gasteiger partial charge < -0.3 is 14.2 Å². The van der Waals surface area contributed by atoms with Gasteiger partial charge in [-0.25, -0.2) is 0 Å². The van der Waals surface area contributed by atoms with Crippen LogP contribution in [-0.2, 0) is 28.6 Å². The number of unbranched alkanes of at least 4 members (excludes halogenated alkanes) is 45. The molecule has 0 aliphatic rings. The lowest BCUT2D eigenvalue weighted by atomic mass is 10.0. The van der Waals surface area contributed by atoms with Crippen molar-refractivity contribution in [1.29, 1.82) is 0 Å². The Morgan fingerprint density at radius 2 is 0.507 bits per heavy atom. The van der Waals surface area contributed by atoms with Gasteiger partial charge in [0.25, 0.3) is 0 Å². The van der Waals surface area contributed by atoms with Gasteiger partial charge in [0.2, 0.25) is 0 Å². The topological polar surface area (TPSA) is 78.9 Å². The van der Waals surface area contributed by atoms with Crippen molar-refractivity contribution in [3.63, 3.8) is 0 Å². The van der Waals surface area contributed by atoms with E-state index in [1.54, 1.807) is 0 Å². The van der Waals surface area contributed by atoms with Crippen LogP contribution in [-0.4, -0.2) is 37.2 Å². The summed E-state index contributed by atoms with van der Waals surface area (Å²) in [5, 5.41) is 0. The Balaban J connectivity index is 4.17. The van der Waals surface area contributed by atoms with Crippen molar-refractivity contribution in [1.82, 2.24) is 0 Å². The van der Waals surface area contributed by atoms with Crippen LogP contribution in [0, 0.1) is 0 Å². The summed E-state index contributed by atoms with van der Waals surface area (Å²) < 4.78 is 16.9. The monoisotopic (exact) mass is 973 g/mol. The van der Waals surface area contributed by atoms with E-state index < -0.39 is 6.10 Å². The van der Waals surface area contributed by atoms with Crippen molar-refractivity contribution in [3.8, 4) is 0 Å². The Hall–Kier alpha value is -1.85. The van der Waals surface area contributed by atoms with Crippen molar-refractivity contribution in [2.75, 3.05) is 13.2 Å². The fourth-order valence-corrected chi connectivity index (χ4v) is 9.57. The molecule has 1 atom stereocenters. The average Bonchev–Trinajstić information content (AvgIpc) is 3.35. The van der Waals surface area contributed by atoms with Gasteiger partial charge in [-0.2, -0.15) is 0 Å². The fraction of sp³-hybridized carbons (Fsp3) is 0.921. The molecule has 0 fully saturated rings. The van der Waals surface area contributed by atoms with Crippen LogP contribution in [0.1, 0.15) is 355 Å². The molecule has 69 heavy (non-hydrogen) atoms. The molecule has 0 saturated carbocycles. The smallest absolute Gasteiger partial charge is 0.306 e. The molecule has 0 aliphatic heterocycles. The fourth-order valence-electron chi connectivity index (χ4n) is 9.57. The Morgan fingerprint density at radius 3 is 0.783 bits per heavy atom. The summed E-state index contributed by atoms with van der Waals surface area (Å²) >= 11 is 0. The normalized spacial score (nSPS) is 12.0. The van der Waals surface area contributed by atoms with E-state index in [1.165, 1.54) is 244 Å². The lowest BCUT2D eigenvalue weighted by Crippen LogP contribution is -2.30. The number of hydrogen-bond donors (Lipinski definition) is 0. The van der Waals surface area contributed by atoms with Gasteiger partial charge in [0.15, 0.2) is 6.10 Å². The molecule has 0 aromatic rings. The third-order valence-electron chi connectivity index (χ3n) is 14.3. The molecule has 0 spiro atoms. The second-order valence-corrected chi connectivity index (χ2v) is 21.3. The lowest BCUT2D eigenvalue weighted by molar-refractivity contribution is -0.167. The summed E-state index contributed by atoms with van der Waals surface area (Å²) in [6, 6.07) is 0.